The van der Waals surface area contributed by atoms with Gasteiger partial charge >= 0.3 is 6.43 Å². The number of nitrogens with zero attached hydrogens (tertiary/aromatic N) is 1. The van der Waals surface area contributed by atoms with Gasteiger partial charge in [0.1, 0.15) is 0 Å². The van der Waals surface area contributed by atoms with E-state index < -0.39 is 12.2 Å². The molecule has 0 bridgehead atoms. The van der Waals surface area contributed by atoms with E-state index in [1.807, 2.05) is 25.1 Å². The van der Waals surface area contributed by atoms with Crippen LogP contribution in [-0.2, 0) is 6.54 Å². The number of carbonyl (C=O) groups is 1. The van der Waals surface area contributed by atoms with Gasteiger partial charge in [0.25, 0.3) is 0 Å². The highest BCUT2D eigenvalue weighted by atomic mass is 19.3. The molecule has 0 fully saturated rings. The third-order valence-corrected chi connectivity index (χ3v) is 1.91. The number of hydrogen-bond donors (Lipinski definition) is 0. The summed E-state index contributed by atoms with van der Waals surface area (Å²) in [4.78, 5) is 12.9. The largest absolute Gasteiger partial charge is 0.305 e. The summed E-state index contributed by atoms with van der Waals surface area (Å²) in [6.45, 7) is 0.629. The van der Waals surface area contributed by atoms with Gasteiger partial charge < -0.3 is 4.90 Å². The number of ketones is 1. The lowest BCUT2D eigenvalue weighted by Gasteiger charge is -2.10. The van der Waals surface area contributed by atoms with Crippen LogP contribution in [0.4, 0.5) is 8.78 Å². The van der Waals surface area contributed by atoms with Crippen LogP contribution in [0.5, 0.6) is 0 Å². The van der Waals surface area contributed by atoms with Gasteiger partial charge in [0.15, 0.2) is 0 Å². The number of carbonyl (C=O) groups excluding carboxylic acids is 1. The Morgan fingerprint density at radius 3 is 2.60 bits per heavy atom. The number of benzene rings is 1. The van der Waals surface area contributed by atoms with Crippen LogP contribution in [0.15, 0.2) is 24.3 Å². The monoisotopic (exact) mass is 213 g/mol. The van der Waals surface area contributed by atoms with Crippen LogP contribution < -0.4 is 0 Å². The van der Waals surface area contributed by atoms with Crippen LogP contribution in [0.2, 0.25) is 0 Å². The Labute approximate surface area is 87.5 Å². The van der Waals surface area contributed by atoms with Gasteiger partial charge in [-0.1, -0.05) is 18.2 Å². The van der Waals surface area contributed by atoms with Crippen molar-refractivity contribution in [3.63, 3.8) is 0 Å². The van der Waals surface area contributed by atoms with Gasteiger partial charge in [0.2, 0.25) is 5.78 Å². The van der Waals surface area contributed by atoms with Crippen molar-refractivity contribution in [1.82, 2.24) is 4.90 Å². The van der Waals surface area contributed by atoms with Crippen LogP contribution in [0.1, 0.15) is 15.9 Å². The molecule has 0 aliphatic carbocycles. The number of halogens is 2. The Hall–Kier alpha value is -1.29. The fourth-order valence-electron chi connectivity index (χ4n) is 1.31. The van der Waals surface area contributed by atoms with E-state index in [4.69, 9.17) is 0 Å². The van der Waals surface area contributed by atoms with E-state index in [1.165, 1.54) is 12.1 Å². The van der Waals surface area contributed by atoms with Crippen molar-refractivity contribution in [2.45, 2.75) is 13.0 Å². The van der Waals surface area contributed by atoms with Gasteiger partial charge in [-0.05, 0) is 25.7 Å². The SMILES string of the molecule is CN(C)Cc1cccc(C(=O)C(F)F)c1. The maximum absolute atomic E-state index is 12.1. The highest BCUT2D eigenvalue weighted by Crippen LogP contribution is 2.11. The van der Waals surface area contributed by atoms with Gasteiger partial charge in [-0.2, -0.15) is 0 Å². The average molecular weight is 213 g/mol. The molecule has 0 aliphatic heterocycles. The van der Waals surface area contributed by atoms with Crippen molar-refractivity contribution in [1.29, 1.82) is 0 Å². The first-order chi connectivity index (χ1) is 7.00. The molecule has 0 amide bonds. The van der Waals surface area contributed by atoms with Crippen LogP contribution in [0.25, 0.3) is 0 Å². The third-order valence-electron chi connectivity index (χ3n) is 1.91. The van der Waals surface area contributed by atoms with E-state index in [9.17, 15) is 13.6 Å². The summed E-state index contributed by atoms with van der Waals surface area (Å²) in [5.41, 5.74) is 0.927. The van der Waals surface area contributed by atoms with E-state index in [0.29, 0.717) is 6.54 Å². The normalized spacial score (nSPS) is 11.1. The average Bonchev–Trinajstić information content (AvgIpc) is 2.16. The first-order valence-corrected chi connectivity index (χ1v) is 4.56. The van der Waals surface area contributed by atoms with Crippen LogP contribution in [0, 0.1) is 0 Å². The molecule has 0 atom stereocenters. The second kappa shape index (κ2) is 4.98. The second-order valence-corrected chi connectivity index (χ2v) is 3.60. The summed E-state index contributed by atoms with van der Waals surface area (Å²) in [6.07, 6.45) is -2.93. The maximum atomic E-state index is 12.1. The maximum Gasteiger partial charge on any atom is 0.300 e. The molecule has 0 radical (unpaired) electrons. The lowest BCUT2D eigenvalue weighted by Crippen LogP contribution is -2.13. The minimum atomic E-state index is -2.93. The zero-order valence-electron chi connectivity index (χ0n) is 8.71. The molecule has 15 heavy (non-hydrogen) atoms. The molecule has 1 rings (SSSR count). The van der Waals surface area contributed by atoms with Gasteiger partial charge in [0.05, 0.1) is 0 Å². The zero-order chi connectivity index (χ0) is 11.4. The quantitative estimate of drug-likeness (QED) is 0.714. The highest BCUT2D eigenvalue weighted by molar-refractivity contribution is 5.98. The van der Waals surface area contributed by atoms with E-state index in [1.54, 1.807) is 6.07 Å². The predicted octanol–water partition coefficient (Wildman–Crippen LogP) is 2.20. The molecule has 0 aliphatic rings. The molecule has 82 valence electrons. The summed E-state index contributed by atoms with van der Waals surface area (Å²) < 4.78 is 24.3. The smallest absolute Gasteiger partial charge is 0.300 e. The zero-order valence-corrected chi connectivity index (χ0v) is 8.71. The summed E-state index contributed by atoms with van der Waals surface area (Å²) in [5, 5.41) is 0. The third kappa shape index (κ3) is 3.40. The van der Waals surface area contributed by atoms with Gasteiger partial charge in [0, 0.05) is 12.1 Å². The van der Waals surface area contributed by atoms with Crippen molar-refractivity contribution >= 4 is 5.78 Å². The molecular weight excluding hydrogens is 200 g/mol. The molecule has 0 saturated carbocycles. The number of rotatable bonds is 4. The Morgan fingerprint density at radius 2 is 2.07 bits per heavy atom. The first kappa shape index (κ1) is 11.8. The lowest BCUT2D eigenvalue weighted by atomic mass is 10.1. The minimum Gasteiger partial charge on any atom is -0.305 e. The number of alkyl halides is 2. The van der Waals surface area contributed by atoms with E-state index in [-0.39, 0.29) is 5.56 Å². The Bertz CT molecular complexity index is 350. The van der Waals surface area contributed by atoms with E-state index in [0.717, 1.165) is 5.56 Å². The molecular formula is C11H13F2NO. The van der Waals surface area contributed by atoms with Crippen LogP contribution in [-0.4, -0.2) is 31.2 Å². The molecule has 0 saturated heterocycles. The van der Waals surface area contributed by atoms with E-state index >= 15 is 0 Å². The lowest BCUT2D eigenvalue weighted by molar-refractivity contribution is 0.0678. The molecule has 0 heterocycles. The summed E-state index contributed by atoms with van der Waals surface area (Å²) in [6, 6.07) is 6.35. The van der Waals surface area contributed by atoms with Crippen molar-refractivity contribution in [2.75, 3.05) is 14.1 Å². The fraction of sp³-hybridized carbons (Fsp3) is 0.364. The molecule has 0 N–H and O–H groups in total. The Morgan fingerprint density at radius 1 is 1.40 bits per heavy atom. The molecule has 2 nitrogen and oxygen atoms in total. The first-order valence-electron chi connectivity index (χ1n) is 4.56. The molecule has 1 aromatic carbocycles. The highest BCUT2D eigenvalue weighted by Gasteiger charge is 2.17. The Kier molecular flexibility index (Phi) is 3.91. The second-order valence-electron chi connectivity index (χ2n) is 3.60. The fourth-order valence-corrected chi connectivity index (χ4v) is 1.31. The topological polar surface area (TPSA) is 20.3 Å². The summed E-state index contributed by atoms with van der Waals surface area (Å²) in [7, 11) is 3.75. The van der Waals surface area contributed by atoms with Gasteiger partial charge in [-0.3, -0.25) is 4.79 Å². The van der Waals surface area contributed by atoms with Crippen LogP contribution in [0.3, 0.4) is 0 Å². The molecule has 0 unspecified atom stereocenters. The van der Waals surface area contributed by atoms with Crippen molar-refractivity contribution in [3.8, 4) is 0 Å². The van der Waals surface area contributed by atoms with Crippen molar-refractivity contribution < 1.29 is 13.6 Å². The van der Waals surface area contributed by atoms with Crippen molar-refractivity contribution in [2.24, 2.45) is 0 Å². The van der Waals surface area contributed by atoms with E-state index in [2.05, 4.69) is 0 Å². The van der Waals surface area contributed by atoms with Crippen molar-refractivity contribution in [3.05, 3.63) is 35.4 Å². The minimum absolute atomic E-state index is 0.0735. The molecule has 0 spiro atoms. The van der Waals surface area contributed by atoms with Crippen LogP contribution >= 0.6 is 0 Å². The van der Waals surface area contributed by atoms with Gasteiger partial charge in [-0.25, -0.2) is 8.78 Å². The summed E-state index contributed by atoms with van der Waals surface area (Å²) in [5.74, 6) is -1.12. The standard InChI is InChI=1S/C11H13F2NO/c1-14(2)7-8-4-3-5-9(6-8)10(15)11(12)13/h3-6,11H,7H2,1-2H3. The molecule has 4 heteroatoms. The molecule has 0 aromatic heterocycles. The molecule has 1 aromatic rings. The summed E-state index contributed by atoms with van der Waals surface area (Å²) >= 11 is 0. The Balaban J connectivity index is 2.87. The van der Waals surface area contributed by atoms with Gasteiger partial charge in [-0.15, -0.1) is 0 Å². The predicted molar refractivity (Wildman–Crippen MR) is 54.2 cm³/mol. The number of Topliss-reactive ketones (excluding diaryl/α,β-unsaturated/α-hetero) is 1. The number of hydrogen-bond acceptors (Lipinski definition) is 2.